The zero-order valence-electron chi connectivity index (χ0n) is 28.4. The molecule has 0 radical (unpaired) electrons. The van der Waals surface area contributed by atoms with Gasteiger partial charge in [-0.3, -0.25) is 0 Å². The quantitative estimate of drug-likeness (QED) is 0.342. The number of hydrogen-bond donors (Lipinski definition) is 2. The highest BCUT2D eigenvalue weighted by molar-refractivity contribution is 7.91. The van der Waals surface area contributed by atoms with E-state index >= 15 is 0 Å². The summed E-state index contributed by atoms with van der Waals surface area (Å²) in [6.07, 6.45) is 14.9. The molecule has 8 unspecified atom stereocenters. The lowest BCUT2D eigenvalue weighted by atomic mass is 9.34. The maximum atomic E-state index is 14.7. The van der Waals surface area contributed by atoms with Gasteiger partial charge in [0.2, 0.25) is 0 Å². The zero-order chi connectivity index (χ0) is 32.7. The molecule has 2 N–H and O–H groups in total. The number of fused-ring (bicyclic) bond motifs is 7. The smallest absolute Gasteiger partial charge is 0.338 e. The van der Waals surface area contributed by atoms with Crippen LogP contribution in [0.25, 0.3) is 5.57 Å². The third-order valence-corrected chi connectivity index (χ3v) is 17.0. The van der Waals surface area contributed by atoms with Gasteiger partial charge in [-0.15, -0.1) is 0 Å². The Balaban J connectivity index is 1.09. The van der Waals surface area contributed by atoms with Crippen LogP contribution in [0.4, 0.5) is 4.39 Å². The normalized spacial score (nSPS) is 43.5. The fourth-order valence-electron chi connectivity index (χ4n) is 12.8. The van der Waals surface area contributed by atoms with Gasteiger partial charge in [-0.05, 0) is 127 Å². The number of carbonyl (C=O) groups is 1. The van der Waals surface area contributed by atoms with E-state index in [0.717, 1.165) is 36.9 Å². The van der Waals surface area contributed by atoms with Crippen LogP contribution in [0.3, 0.4) is 0 Å². The maximum Gasteiger partial charge on any atom is 0.338 e. The number of nitrogens with one attached hydrogen (secondary N) is 1. The predicted molar refractivity (Wildman–Crippen MR) is 181 cm³/mol. The van der Waals surface area contributed by atoms with Gasteiger partial charge in [-0.25, -0.2) is 17.6 Å². The number of benzene rings is 1. The molecule has 0 amide bonds. The Bertz CT molecular complexity index is 1510. The number of nitrogens with zero attached hydrogens (tertiary/aromatic N) is 1. The van der Waals surface area contributed by atoms with E-state index in [1.54, 1.807) is 6.07 Å². The zero-order valence-corrected chi connectivity index (χ0v) is 29.2. The van der Waals surface area contributed by atoms with Crippen LogP contribution in [0.5, 0.6) is 0 Å². The molecule has 4 saturated carbocycles. The number of allylic oxidation sites excluding steroid dienone is 2. The predicted octanol–water partition coefficient (Wildman–Crippen LogP) is 7.05. The van der Waals surface area contributed by atoms with Gasteiger partial charge in [0.25, 0.3) is 0 Å². The molecule has 5 aliphatic carbocycles. The molecule has 254 valence electrons. The summed E-state index contributed by atoms with van der Waals surface area (Å²) < 4.78 is 38.5. The summed E-state index contributed by atoms with van der Waals surface area (Å²) in [7, 11) is -2.85. The molecule has 0 aromatic heterocycles. The van der Waals surface area contributed by atoms with Crippen LogP contribution in [0.2, 0.25) is 0 Å². The molecule has 0 bridgehead atoms. The van der Waals surface area contributed by atoms with Gasteiger partial charge in [0.1, 0.15) is 5.82 Å². The Morgan fingerprint density at radius 3 is 2.46 bits per heavy atom. The second kappa shape index (κ2) is 11.4. The lowest BCUT2D eigenvalue weighted by molar-refractivity contribution is -0.211. The van der Waals surface area contributed by atoms with E-state index in [1.807, 2.05) is 0 Å². The summed E-state index contributed by atoms with van der Waals surface area (Å²) in [4.78, 5) is 13.8. The van der Waals surface area contributed by atoms with Crippen LogP contribution >= 0.6 is 0 Å². The maximum absolute atomic E-state index is 14.7. The highest BCUT2D eigenvalue weighted by atomic mass is 32.2. The summed E-state index contributed by atoms with van der Waals surface area (Å²) in [6.45, 7) is 13.5. The van der Waals surface area contributed by atoms with Crippen molar-refractivity contribution in [1.29, 1.82) is 0 Å². The average Bonchev–Trinajstić information content (AvgIpc) is 3.42. The first-order chi connectivity index (χ1) is 21.7. The van der Waals surface area contributed by atoms with Crippen molar-refractivity contribution in [3.05, 3.63) is 41.2 Å². The number of carboxylic acid groups (broad SMARTS) is 1. The Kier molecular flexibility index (Phi) is 8.12. The lowest BCUT2D eigenvalue weighted by Gasteiger charge is -2.71. The highest BCUT2D eigenvalue weighted by Gasteiger charge is 2.68. The summed E-state index contributed by atoms with van der Waals surface area (Å²) in [5.41, 5.74) is 2.80. The molecule has 9 atom stereocenters. The molecular formula is C38H55FN2O4S. The van der Waals surface area contributed by atoms with E-state index in [0.29, 0.717) is 47.8 Å². The van der Waals surface area contributed by atoms with Crippen LogP contribution < -0.4 is 5.32 Å². The van der Waals surface area contributed by atoms with E-state index in [1.165, 1.54) is 75.5 Å². The van der Waals surface area contributed by atoms with Crippen molar-refractivity contribution in [3.63, 3.8) is 0 Å². The lowest BCUT2D eigenvalue weighted by Crippen LogP contribution is -2.67. The molecule has 1 saturated heterocycles. The molecule has 0 spiro atoms. The van der Waals surface area contributed by atoms with Crippen LogP contribution in [0.1, 0.15) is 108 Å². The van der Waals surface area contributed by atoms with E-state index in [4.69, 9.17) is 0 Å². The number of hydrogen-bond acceptors (Lipinski definition) is 5. The van der Waals surface area contributed by atoms with Crippen molar-refractivity contribution in [2.24, 2.45) is 45.8 Å². The van der Waals surface area contributed by atoms with Crippen molar-refractivity contribution < 1.29 is 22.7 Å². The molecule has 1 aromatic rings. The van der Waals surface area contributed by atoms with Crippen LogP contribution in [0, 0.1) is 51.7 Å². The first-order valence-corrected chi connectivity index (χ1v) is 20.0. The molecule has 6 nitrogen and oxygen atoms in total. The second-order valence-corrected chi connectivity index (χ2v) is 19.3. The SMILES string of the molecule is CC1C(c2ccc(C(=O)O)c(F)c2)=CCC2(C)C1CCC1(C)C2CCC2C3CCCC3(NCCN3CCS(=O)(=O)CC3)CC[C@]21C. The Morgan fingerprint density at radius 2 is 1.74 bits per heavy atom. The monoisotopic (exact) mass is 654 g/mol. The van der Waals surface area contributed by atoms with E-state index in [9.17, 15) is 22.7 Å². The molecule has 1 aliphatic heterocycles. The van der Waals surface area contributed by atoms with Gasteiger partial charge in [-0.2, -0.15) is 0 Å². The fourth-order valence-corrected chi connectivity index (χ4v) is 14.1. The largest absolute Gasteiger partial charge is 0.478 e. The molecule has 46 heavy (non-hydrogen) atoms. The third kappa shape index (κ3) is 4.97. The Morgan fingerprint density at radius 1 is 0.978 bits per heavy atom. The number of rotatable bonds is 6. The first kappa shape index (κ1) is 32.8. The number of aromatic carboxylic acids is 1. The highest BCUT2D eigenvalue weighted by Crippen LogP contribution is 2.75. The summed E-state index contributed by atoms with van der Waals surface area (Å²) >= 11 is 0. The Labute approximate surface area is 275 Å². The summed E-state index contributed by atoms with van der Waals surface area (Å²) in [5, 5.41) is 13.5. The molecule has 6 aliphatic rings. The van der Waals surface area contributed by atoms with Crippen LogP contribution in [-0.4, -0.2) is 67.6 Å². The van der Waals surface area contributed by atoms with Crippen LogP contribution in [0.15, 0.2) is 24.3 Å². The minimum Gasteiger partial charge on any atom is -0.478 e. The van der Waals surface area contributed by atoms with Gasteiger partial charge < -0.3 is 15.3 Å². The van der Waals surface area contributed by atoms with E-state index in [2.05, 4.69) is 44.0 Å². The van der Waals surface area contributed by atoms with Crippen molar-refractivity contribution in [2.75, 3.05) is 37.7 Å². The molecule has 8 heteroatoms. The van der Waals surface area contributed by atoms with Gasteiger partial charge in [0, 0.05) is 31.7 Å². The van der Waals surface area contributed by atoms with E-state index < -0.39 is 21.6 Å². The molecule has 1 aromatic carbocycles. The second-order valence-electron chi connectivity index (χ2n) is 16.9. The average molecular weight is 655 g/mol. The topological polar surface area (TPSA) is 86.7 Å². The van der Waals surface area contributed by atoms with Gasteiger partial charge in [-0.1, -0.05) is 46.3 Å². The number of carboxylic acids is 1. The number of halogens is 1. The van der Waals surface area contributed by atoms with Crippen LogP contribution in [-0.2, 0) is 9.84 Å². The van der Waals surface area contributed by atoms with Crippen molar-refractivity contribution in [2.45, 2.75) is 97.4 Å². The van der Waals surface area contributed by atoms with Gasteiger partial charge in [0.15, 0.2) is 9.84 Å². The minimum atomic E-state index is -2.85. The Hall–Kier alpha value is -1.77. The molecule has 1 heterocycles. The fraction of sp³-hybridized carbons (Fsp3) is 0.763. The molecular weight excluding hydrogens is 599 g/mol. The van der Waals surface area contributed by atoms with Crippen molar-refractivity contribution in [1.82, 2.24) is 10.2 Å². The van der Waals surface area contributed by atoms with Crippen molar-refractivity contribution >= 4 is 21.4 Å². The van der Waals surface area contributed by atoms with Gasteiger partial charge >= 0.3 is 5.97 Å². The first-order valence-electron chi connectivity index (χ1n) is 18.1. The summed E-state index contributed by atoms with van der Waals surface area (Å²) in [6, 6.07) is 4.67. The summed E-state index contributed by atoms with van der Waals surface area (Å²) in [5.74, 6) is 1.69. The number of sulfone groups is 1. The molecule has 7 rings (SSSR count). The third-order valence-electron chi connectivity index (χ3n) is 15.4. The van der Waals surface area contributed by atoms with Gasteiger partial charge in [0.05, 0.1) is 17.1 Å². The standard InChI is InChI=1S/C38H55FN2O4S/c1-25-27(26-7-8-28(34(42)43)32(39)24-26)11-14-35(2)29(25)12-15-37(4)33(35)10-9-30-31-6-5-13-38(31,17-16-36(30,37)3)40-18-19-41-20-22-46(44,45)23-21-41/h7-8,11,24-25,29-31,33,40H,5-6,9-10,12-23H2,1-4H3,(H,42,43)/t25?,29?,30?,31?,33?,35?,36-,37?,38?/m1/s1. The minimum absolute atomic E-state index is 0.202. The molecule has 5 fully saturated rings. The van der Waals surface area contributed by atoms with Crippen molar-refractivity contribution in [3.8, 4) is 0 Å². The van der Waals surface area contributed by atoms with E-state index in [-0.39, 0.29) is 21.9 Å².